The molecule has 3 nitrogen and oxygen atoms in total. The average Bonchev–Trinajstić information content (AvgIpc) is 2.76. The summed E-state index contributed by atoms with van der Waals surface area (Å²) in [5.41, 5.74) is 0.561. The van der Waals surface area contributed by atoms with Crippen molar-refractivity contribution in [3.8, 4) is 0 Å². The minimum Gasteiger partial charge on any atom is -0.370 e. The van der Waals surface area contributed by atoms with Gasteiger partial charge in [0.2, 0.25) is 0 Å². The zero-order chi connectivity index (χ0) is 13.3. The Labute approximate surface area is 118 Å². The molecule has 0 bridgehead atoms. The monoisotopic (exact) mass is 266 g/mol. The number of piperazine rings is 1. The number of hydrogen-bond donors (Lipinski definition) is 1. The smallest absolute Gasteiger partial charge is 0.0710 e. The van der Waals surface area contributed by atoms with Gasteiger partial charge in [-0.05, 0) is 39.5 Å². The number of rotatable bonds is 2. The molecule has 3 fully saturated rings. The van der Waals surface area contributed by atoms with E-state index in [2.05, 4.69) is 24.1 Å². The van der Waals surface area contributed by atoms with Crippen molar-refractivity contribution in [3.63, 3.8) is 0 Å². The molecule has 0 aromatic carbocycles. The quantitative estimate of drug-likeness (QED) is 0.831. The van der Waals surface area contributed by atoms with Crippen molar-refractivity contribution >= 4 is 0 Å². The van der Waals surface area contributed by atoms with Crippen LogP contribution >= 0.6 is 0 Å². The van der Waals surface area contributed by atoms with Gasteiger partial charge >= 0.3 is 0 Å². The van der Waals surface area contributed by atoms with E-state index in [1.54, 1.807) is 0 Å². The van der Waals surface area contributed by atoms with Gasteiger partial charge in [-0.2, -0.15) is 0 Å². The van der Waals surface area contributed by atoms with E-state index in [1.807, 2.05) is 0 Å². The SMILES string of the molecule is CC1(C)CNCCN1CC1CCC2(CCCCC2)O1. The highest BCUT2D eigenvalue weighted by molar-refractivity contribution is 4.95. The third kappa shape index (κ3) is 2.98. The molecule has 2 saturated heterocycles. The zero-order valence-corrected chi connectivity index (χ0v) is 12.7. The second kappa shape index (κ2) is 5.34. The van der Waals surface area contributed by atoms with Crippen molar-refractivity contribution in [3.05, 3.63) is 0 Å². The molecule has 19 heavy (non-hydrogen) atoms. The van der Waals surface area contributed by atoms with Crippen LogP contribution in [0.1, 0.15) is 58.8 Å². The van der Waals surface area contributed by atoms with E-state index in [9.17, 15) is 0 Å². The first-order valence-corrected chi connectivity index (χ1v) is 8.23. The molecule has 110 valence electrons. The lowest BCUT2D eigenvalue weighted by Gasteiger charge is -2.44. The van der Waals surface area contributed by atoms with E-state index in [0.717, 1.165) is 19.6 Å². The fourth-order valence-corrected chi connectivity index (χ4v) is 4.19. The Morgan fingerprint density at radius 3 is 2.68 bits per heavy atom. The topological polar surface area (TPSA) is 24.5 Å². The number of hydrogen-bond acceptors (Lipinski definition) is 3. The van der Waals surface area contributed by atoms with Crippen molar-refractivity contribution in [2.45, 2.75) is 76.0 Å². The van der Waals surface area contributed by atoms with Crippen molar-refractivity contribution in [1.29, 1.82) is 0 Å². The highest BCUT2D eigenvalue weighted by Gasteiger charge is 2.42. The molecule has 1 spiro atoms. The second-order valence-electron chi connectivity index (χ2n) is 7.46. The van der Waals surface area contributed by atoms with Crippen LogP contribution in [0.4, 0.5) is 0 Å². The van der Waals surface area contributed by atoms with Gasteiger partial charge < -0.3 is 10.1 Å². The van der Waals surface area contributed by atoms with Gasteiger partial charge in [0, 0.05) is 31.7 Å². The Hall–Kier alpha value is -0.120. The number of ether oxygens (including phenoxy) is 1. The van der Waals surface area contributed by atoms with Gasteiger partial charge in [-0.25, -0.2) is 0 Å². The molecule has 0 radical (unpaired) electrons. The summed E-state index contributed by atoms with van der Waals surface area (Å²) in [6.45, 7) is 9.23. The summed E-state index contributed by atoms with van der Waals surface area (Å²) in [5, 5.41) is 3.50. The molecule has 3 heteroatoms. The van der Waals surface area contributed by atoms with Crippen LogP contribution in [-0.4, -0.2) is 48.3 Å². The van der Waals surface area contributed by atoms with E-state index in [-0.39, 0.29) is 11.1 Å². The highest BCUT2D eigenvalue weighted by Crippen LogP contribution is 2.42. The summed E-state index contributed by atoms with van der Waals surface area (Å²) in [5.74, 6) is 0. The maximum Gasteiger partial charge on any atom is 0.0710 e. The molecule has 1 N–H and O–H groups in total. The Morgan fingerprint density at radius 2 is 1.95 bits per heavy atom. The van der Waals surface area contributed by atoms with Gasteiger partial charge in [0.25, 0.3) is 0 Å². The molecule has 2 heterocycles. The third-order valence-electron chi connectivity index (χ3n) is 5.50. The third-order valence-corrected chi connectivity index (χ3v) is 5.50. The molecule has 0 aromatic heterocycles. The first kappa shape index (κ1) is 13.8. The van der Waals surface area contributed by atoms with Crippen molar-refractivity contribution in [1.82, 2.24) is 10.2 Å². The van der Waals surface area contributed by atoms with Gasteiger partial charge in [0.1, 0.15) is 0 Å². The summed E-state index contributed by atoms with van der Waals surface area (Å²) >= 11 is 0. The summed E-state index contributed by atoms with van der Waals surface area (Å²) in [7, 11) is 0. The predicted octanol–water partition coefficient (Wildman–Crippen LogP) is 2.55. The number of nitrogens with one attached hydrogen (secondary N) is 1. The van der Waals surface area contributed by atoms with Crippen LogP contribution in [0.3, 0.4) is 0 Å². The standard InChI is InChI=1S/C16H30N2O/c1-15(2)13-17-10-11-18(15)12-14-6-9-16(19-14)7-4-3-5-8-16/h14,17H,3-13H2,1-2H3. The second-order valence-corrected chi connectivity index (χ2v) is 7.46. The Kier molecular flexibility index (Phi) is 3.89. The highest BCUT2D eigenvalue weighted by atomic mass is 16.5. The van der Waals surface area contributed by atoms with Crippen LogP contribution in [0, 0.1) is 0 Å². The molecule has 3 rings (SSSR count). The largest absolute Gasteiger partial charge is 0.370 e. The fourth-order valence-electron chi connectivity index (χ4n) is 4.19. The molecule has 3 aliphatic rings. The minimum atomic E-state index is 0.279. The van der Waals surface area contributed by atoms with Crippen molar-refractivity contribution in [2.75, 3.05) is 26.2 Å². The van der Waals surface area contributed by atoms with E-state index in [4.69, 9.17) is 4.74 Å². The van der Waals surface area contributed by atoms with E-state index in [0.29, 0.717) is 6.10 Å². The van der Waals surface area contributed by atoms with Crippen LogP contribution < -0.4 is 5.32 Å². The van der Waals surface area contributed by atoms with Crippen LogP contribution in [0.2, 0.25) is 0 Å². The molecule has 1 saturated carbocycles. The zero-order valence-electron chi connectivity index (χ0n) is 12.7. The van der Waals surface area contributed by atoms with Gasteiger partial charge in [-0.1, -0.05) is 19.3 Å². The first-order chi connectivity index (χ1) is 9.10. The van der Waals surface area contributed by atoms with Crippen molar-refractivity contribution in [2.24, 2.45) is 0 Å². The van der Waals surface area contributed by atoms with E-state index < -0.39 is 0 Å². The average molecular weight is 266 g/mol. The van der Waals surface area contributed by atoms with Gasteiger partial charge in [-0.15, -0.1) is 0 Å². The van der Waals surface area contributed by atoms with E-state index in [1.165, 1.54) is 51.5 Å². The van der Waals surface area contributed by atoms with Crippen LogP contribution in [0.15, 0.2) is 0 Å². The van der Waals surface area contributed by atoms with E-state index >= 15 is 0 Å². The minimum absolute atomic E-state index is 0.279. The predicted molar refractivity (Wildman–Crippen MR) is 78.4 cm³/mol. The van der Waals surface area contributed by atoms with Gasteiger partial charge in [-0.3, -0.25) is 4.90 Å². The summed E-state index contributed by atoms with van der Waals surface area (Å²) < 4.78 is 6.52. The summed E-state index contributed by atoms with van der Waals surface area (Å²) in [4.78, 5) is 2.63. The Balaban J connectivity index is 1.56. The summed E-state index contributed by atoms with van der Waals surface area (Å²) in [6, 6.07) is 0. The first-order valence-electron chi connectivity index (χ1n) is 8.23. The molecular weight excluding hydrogens is 236 g/mol. The van der Waals surface area contributed by atoms with Crippen LogP contribution in [0.25, 0.3) is 0 Å². The maximum atomic E-state index is 6.52. The molecule has 1 atom stereocenters. The molecule has 2 aliphatic heterocycles. The lowest BCUT2D eigenvalue weighted by Crippen LogP contribution is -2.59. The molecule has 0 aromatic rings. The molecule has 0 amide bonds. The fraction of sp³-hybridized carbons (Fsp3) is 1.00. The maximum absolute atomic E-state index is 6.52. The Morgan fingerprint density at radius 1 is 1.16 bits per heavy atom. The lowest BCUT2D eigenvalue weighted by molar-refractivity contribution is -0.0812. The molecule has 1 unspecified atom stereocenters. The van der Waals surface area contributed by atoms with Crippen molar-refractivity contribution < 1.29 is 4.74 Å². The normalized spacial score (nSPS) is 34.7. The molecular formula is C16H30N2O. The Bertz CT molecular complexity index is 310. The van der Waals surface area contributed by atoms with Gasteiger partial charge in [0.15, 0.2) is 0 Å². The van der Waals surface area contributed by atoms with Crippen LogP contribution in [-0.2, 0) is 4.74 Å². The summed E-state index contributed by atoms with van der Waals surface area (Å²) in [6.07, 6.45) is 9.88. The number of nitrogens with zero attached hydrogens (tertiary/aromatic N) is 1. The lowest BCUT2D eigenvalue weighted by atomic mass is 9.83. The van der Waals surface area contributed by atoms with Crippen LogP contribution in [0.5, 0.6) is 0 Å². The van der Waals surface area contributed by atoms with Gasteiger partial charge in [0.05, 0.1) is 11.7 Å². The molecule has 1 aliphatic carbocycles.